The fourth-order valence-corrected chi connectivity index (χ4v) is 2.89. The number of halogens is 2. The van der Waals surface area contributed by atoms with Crippen molar-refractivity contribution in [1.29, 1.82) is 0 Å². The predicted octanol–water partition coefficient (Wildman–Crippen LogP) is 3.67. The fraction of sp³-hybridized carbons (Fsp3) is 0.375. The summed E-state index contributed by atoms with van der Waals surface area (Å²) >= 11 is 3.23. The van der Waals surface area contributed by atoms with Gasteiger partial charge in [0.2, 0.25) is 5.88 Å². The third kappa shape index (κ3) is 3.74. The van der Waals surface area contributed by atoms with E-state index in [2.05, 4.69) is 25.9 Å². The van der Waals surface area contributed by atoms with Gasteiger partial charge in [-0.05, 0) is 46.8 Å². The van der Waals surface area contributed by atoms with Crippen LogP contribution in [0.5, 0.6) is 5.88 Å². The highest BCUT2D eigenvalue weighted by atomic mass is 79.9. The van der Waals surface area contributed by atoms with E-state index in [4.69, 9.17) is 4.74 Å². The van der Waals surface area contributed by atoms with E-state index in [-0.39, 0.29) is 5.82 Å². The first-order chi connectivity index (χ1) is 10.7. The van der Waals surface area contributed by atoms with E-state index in [0.29, 0.717) is 28.7 Å². The first-order valence-corrected chi connectivity index (χ1v) is 8.11. The molecule has 2 aromatic heterocycles. The van der Waals surface area contributed by atoms with E-state index in [1.54, 1.807) is 12.4 Å². The van der Waals surface area contributed by atoms with E-state index in [1.807, 2.05) is 23.1 Å². The summed E-state index contributed by atoms with van der Waals surface area (Å²) in [6.07, 6.45) is 5.28. The molecule has 0 aliphatic carbocycles. The van der Waals surface area contributed by atoms with E-state index >= 15 is 0 Å². The average molecular weight is 366 g/mol. The largest absolute Gasteiger partial charge is 0.477 e. The molecule has 1 saturated heterocycles. The third-order valence-corrected chi connectivity index (χ3v) is 4.24. The van der Waals surface area contributed by atoms with Gasteiger partial charge in [-0.15, -0.1) is 0 Å². The lowest BCUT2D eigenvalue weighted by atomic mass is 9.98. The van der Waals surface area contributed by atoms with Gasteiger partial charge in [0.15, 0.2) is 11.6 Å². The Morgan fingerprint density at radius 3 is 2.77 bits per heavy atom. The molecule has 0 bridgehead atoms. The van der Waals surface area contributed by atoms with Gasteiger partial charge in [-0.3, -0.25) is 0 Å². The molecule has 0 radical (unpaired) electrons. The van der Waals surface area contributed by atoms with Crippen molar-refractivity contribution in [3.8, 4) is 5.88 Å². The van der Waals surface area contributed by atoms with E-state index in [1.165, 1.54) is 6.07 Å². The third-order valence-electron chi connectivity index (χ3n) is 3.81. The van der Waals surface area contributed by atoms with E-state index in [0.717, 1.165) is 25.9 Å². The van der Waals surface area contributed by atoms with Gasteiger partial charge < -0.3 is 9.64 Å². The second kappa shape index (κ2) is 7.05. The van der Waals surface area contributed by atoms with Crippen molar-refractivity contribution in [1.82, 2.24) is 9.97 Å². The van der Waals surface area contributed by atoms with Crippen molar-refractivity contribution in [2.45, 2.75) is 12.8 Å². The zero-order chi connectivity index (χ0) is 15.4. The highest BCUT2D eigenvalue weighted by molar-refractivity contribution is 9.10. The van der Waals surface area contributed by atoms with Crippen LogP contribution in [0.1, 0.15) is 12.8 Å². The molecule has 1 aliphatic rings. The lowest BCUT2D eigenvalue weighted by molar-refractivity contribution is 0.215. The maximum atomic E-state index is 13.9. The molecule has 0 spiro atoms. The zero-order valence-corrected chi connectivity index (χ0v) is 13.7. The lowest BCUT2D eigenvalue weighted by Crippen LogP contribution is -2.36. The summed E-state index contributed by atoms with van der Waals surface area (Å²) in [5, 5.41) is 0. The minimum absolute atomic E-state index is 0.280. The molecule has 2 aromatic rings. The first-order valence-electron chi connectivity index (χ1n) is 7.32. The van der Waals surface area contributed by atoms with Gasteiger partial charge in [-0.1, -0.05) is 6.07 Å². The van der Waals surface area contributed by atoms with Crippen molar-refractivity contribution in [2.24, 2.45) is 5.92 Å². The summed E-state index contributed by atoms with van der Waals surface area (Å²) in [4.78, 5) is 10.3. The number of aromatic nitrogens is 2. The quantitative estimate of drug-likeness (QED) is 0.828. The lowest BCUT2D eigenvalue weighted by Gasteiger charge is -2.32. The van der Waals surface area contributed by atoms with Gasteiger partial charge in [-0.25, -0.2) is 14.4 Å². The van der Waals surface area contributed by atoms with Crippen molar-refractivity contribution < 1.29 is 9.13 Å². The SMILES string of the molecule is Fc1cc(Br)cnc1N1CCC(COc2ccccn2)CC1. The molecule has 116 valence electrons. The molecule has 6 heteroatoms. The van der Waals surface area contributed by atoms with Gasteiger partial charge >= 0.3 is 0 Å². The molecule has 1 aliphatic heterocycles. The number of pyridine rings is 2. The smallest absolute Gasteiger partial charge is 0.213 e. The van der Waals surface area contributed by atoms with Crippen molar-refractivity contribution in [3.63, 3.8) is 0 Å². The maximum Gasteiger partial charge on any atom is 0.213 e. The standard InChI is InChI=1S/C16H17BrFN3O/c17-13-9-14(18)16(20-10-13)21-7-4-12(5-8-21)11-22-15-3-1-2-6-19-15/h1-3,6,9-10,12H,4-5,7-8,11H2. The molecule has 1 fully saturated rings. The second-order valence-electron chi connectivity index (χ2n) is 5.37. The van der Waals surface area contributed by atoms with Crippen LogP contribution in [0.3, 0.4) is 0 Å². The van der Waals surface area contributed by atoms with Gasteiger partial charge in [0, 0.05) is 36.0 Å². The Hall–Kier alpha value is -1.69. The van der Waals surface area contributed by atoms with Crippen LogP contribution in [0.2, 0.25) is 0 Å². The zero-order valence-electron chi connectivity index (χ0n) is 12.1. The van der Waals surface area contributed by atoms with Gasteiger partial charge in [0.1, 0.15) is 0 Å². The first kappa shape index (κ1) is 15.2. The Bertz CT molecular complexity index is 618. The van der Waals surface area contributed by atoms with Crippen LogP contribution in [0.4, 0.5) is 10.2 Å². The number of hydrogen-bond acceptors (Lipinski definition) is 4. The van der Waals surface area contributed by atoms with E-state index < -0.39 is 0 Å². The van der Waals surface area contributed by atoms with Crippen molar-refractivity contribution in [3.05, 3.63) is 46.9 Å². The number of nitrogens with zero attached hydrogens (tertiary/aromatic N) is 3. The summed E-state index contributed by atoms with van der Waals surface area (Å²) < 4.78 is 20.3. The van der Waals surface area contributed by atoms with Crippen LogP contribution < -0.4 is 9.64 Å². The minimum atomic E-state index is -0.280. The molecule has 0 saturated carbocycles. The normalized spacial score (nSPS) is 15.8. The molecule has 0 aromatic carbocycles. The molecule has 3 rings (SSSR count). The number of rotatable bonds is 4. The Kier molecular flexibility index (Phi) is 4.87. The summed E-state index contributed by atoms with van der Waals surface area (Å²) in [6, 6.07) is 7.09. The van der Waals surface area contributed by atoms with Crippen LogP contribution in [0.25, 0.3) is 0 Å². The topological polar surface area (TPSA) is 38.2 Å². The van der Waals surface area contributed by atoms with Crippen LogP contribution >= 0.6 is 15.9 Å². The van der Waals surface area contributed by atoms with Crippen LogP contribution in [0, 0.1) is 11.7 Å². The summed E-state index contributed by atoms with van der Waals surface area (Å²) in [6.45, 7) is 2.24. The molecule has 0 N–H and O–H groups in total. The number of piperidine rings is 1. The van der Waals surface area contributed by atoms with E-state index in [9.17, 15) is 4.39 Å². The molecule has 22 heavy (non-hydrogen) atoms. The summed E-state index contributed by atoms with van der Waals surface area (Å²) in [5.74, 6) is 1.28. The fourth-order valence-electron chi connectivity index (χ4n) is 2.59. The van der Waals surface area contributed by atoms with Crippen LogP contribution in [-0.4, -0.2) is 29.7 Å². The predicted molar refractivity (Wildman–Crippen MR) is 86.6 cm³/mol. The molecule has 0 unspecified atom stereocenters. The summed E-state index contributed by atoms with van der Waals surface area (Å²) in [5.41, 5.74) is 0. The maximum absolute atomic E-state index is 13.9. The van der Waals surface area contributed by atoms with Crippen LogP contribution in [0.15, 0.2) is 41.1 Å². The average Bonchev–Trinajstić information content (AvgIpc) is 2.55. The highest BCUT2D eigenvalue weighted by Crippen LogP contribution is 2.25. The second-order valence-corrected chi connectivity index (χ2v) is 6.28. The molecule has 4 nitrogen and oxygen atoms in total. The minimum Gasteiger partial charge on any atom is -0.477 e. The Labute approximate surface area is 137 Å². The Morgan fingerprint density at radius 1 is 1.27 bits per heavy atom. The summed E-state index contributed by atoms with van der Waals surface area (Å²) in [7, 11) is 0. The number of ether oxygens (including phenoxy) is 1. The van der Waals surface area contributed by atoms with Gasteiger partial charge in [0.25, 0.3) is 0 Å². The Balaban J connectivity index is 1.52. The molecule has 0 amide bonds. The molecular formula is C16H17BrFN3O. The van der Waals surface area contributed by atoms with Gasteiger partial charge in [0.05, 0.1) is 6.61 Å². The number of hydrogen-bond donors (Lipinski definition) is 0. The molecule has 0 atom stereocenters. The molecular weight excluding hydrogens is 349 g/mol. The highest BCUT2D eigenvalue weighted by Gasteiger charge is 2.22. The van der Waals surface area contributed by atoms with Crippen molar-refractivity contribution >= 4 is 21.7 Å². The molecule has 3 heterocycles. The number of anilines is 1. The Morgan fingerprint density at radius 2 is 2.09 bits per heavy atom. The monoisotopic (exact) mass is 365 g/mol. The van der Waals surface area contributed by atoms with Gasteiger partial charge in [-0.2, -0.15) is 0 Å². The van der Waals surface area contributed by atoms with Crippen LogP contribution in [-0.2, 0) is 0 Å². The van der Waals surface area contributed by atoms with Crippen molar-refractivity contribution in [2.75, 3.05) is 24.6 Å².